The van der Waals surface area contributed by atoms with Crippen molar-refractivity contribution in [3.8, 4) is 11.5 Å². The standard InChI is InChI=1S/C20H25N3O8S/c1-12(2)18(19(25)31-11-13-9-17(24)23(4)20(26)22(13)3)21-32(27,28)14-5-6-15-16(10-14)30-8-7-29-15/h5-6,9-10,12,18,21H,7-8,11H2,1-4H3/t18-/m0/s1. The highest BCUT2D eigenvalue weighted by Crippen LogP contribution is 2.32. The molecule has 1 aliphatic rings. The SMILES string of the molecule is CC(C)[C@H](NS(=O)(=O)c1ccc2c(c1)OCCO2)C(=O)OCc1cc(=O)n(C)c(=O)n1C. The van der Waals surface area contributed by atoms with Crippen LogP contribution in [-0.4, -0.2) is 42.8 Å². The Morgan fingerprint density at radius 2 is 1.75 bits per heavy atom. The molecule has 32 heavy (non-hydrogen) atoms. The van der Waals surface area contributed by atoms with Gasteiger partial charge in [0.2, 0.25) is 10.0 Å². The topological polar surface area (TPSA) is 135 Å². The Morgan fingerprint density at radius 1 is 1.09 bits per heavy atom. The predicted octanol–water partition coefficient (Wildman–Crippen LogP) is -0.0985. The summed E-state index contributed by atoms with van der Waals surface area (Å²) < 4.78 is 46.3. The molecule has 12 heteroatoms. The molecule has 174 valence electrons. The van der Waals surface area contributed by atoms with Gasteiger partial charge < -0.3 is 14.2 Å². The van der Waals surface area contributed by atoms with Crippen molar-refractivity contribution < 1.29 is 27.4 Å². The fourth-order valence-electron chi connectivity index (χ4n) is 3.03. The average molecular weight is 468 g/mol. The quantitative estimate of drug-likeness (QED) is 0.558. The summed E-state index contributed by atoms with van der Waals surface area (Å²) in [7, 11) is -1.31. The highest BCUT2D eigenvalue weighted by Gasteiger charge is 2.30. The fourth-order valence-corrected chi connectivity index (χ4v) is 4.38. The number of hydrogen-bond donors (Lipinski definition) is 1. The summed E-state index contributed by atoms with van der Waals surface area (Å²) in [6.45, 7) is 3.63. The lowest BCUT2D eigenvalue weighted by atomic mass is 10.1. The molecule has 0 spiro atoms. The van der Waals surface area contributed by atoms with Gasteiger partial charge in [-0.2, -0.15) is 4.72 Å². The van der Waals surface area contributed by atoms with Crippen LogP contribution in [0.2, 0.25) is 0 Å². The number of carbonyl (C=O) groups excluding carboxylic acids is 1. The van der Waals surface area contributed by atoms with Crippen LogP contribution < -0.4 is 25.4 Å². The Labute approximate surface area is 184 Å². The van der Waals surface area contributed by atoms with E-state index in [9.17, 15) is 22.8 Å². The predicted molar refractivity (Wildman–Crippen MR) is 113 cm³/mol. The van der Waals surface area contributed by atoms with E-state index in [4.69, 9.17) is 14.2 Å². The van der Waals surface area contributed by atoms with Crippen molar-refractivity contribution in [3.63, 3.8) is 0 Å². The largest absolute Gasteiger partial charge is 0.486 e. The van der Waals surface area contributed by atoms with Crippen molar-refractivity contribution in [2.45, 2.75) is 31.4 Å². The van der Waals surface area contributed by atoms with Crippen LogP contribution >= 0.6 is 0 Å². The zero-order valence-electron chi connectivity index (χ0n) is 18.2. The minimum absolute atomic E-state index is 0.0887. The smallest absolute Gasteiger partial charge is 0.330 e. The first kappa shape index (κ1) is 23.5. The van der Waals surface area contributed by atoms with Gasteiger partial charge in [0.1, 0.15) is 25.9 Å². The van der Waals surface area contributed by atoms with E-state index < -0.39 is 39.2 Å². The van der Waals surface area contributed by atoms with Gasteiger partial charge in [-0.15, -0.1) is 0 Å². The molecule has 0 aliphatic carbocycles. The monoisotopic (exact) mass is 467 g/mol. The van der Waals surface area contributed by atoms with E-state index >= 15 is 0 Å². The molecular formula is C20H25N3O8S. The maximum atomic E-state index is 12.9. The van der Waals surface area contributed by atoms with Crippen molar-refractivity contribution in [1.29, 1.82) is 0 Å². The number of aromatic nitrogens is 2. The van der Waals surface area contributed by atoms with Crippen molar-refractivity contribution in [2.24, 2.45) is 20.0 Å². The third-order valence-corrected chi connectivity index (χ3v) is 6.45. The summed E-state index contributed by atoms with van der Waals surface area (Å²) >= 11 is 0. The first-order valence-electron chi connectivity index (χ1n) is 9.86. The van der Waals surface area contributed by atoms with E-state index in [0.29, 0.717) is 24.7 Å². The molecule has 0 saturated carbocycles. The Balaban J connectivity index is 1.77. The number of sulfonamides is 1. The summed E-state index contributed by atoms with van der Waals surface area (Å²) in [5.74, 6) is -0.541. The molecule has 0 saturated heterocycles. The van der Waals surface area contributed by atoms with Gasteiger partial charge in [-0.05, 0) is 18.1 Å². The number of hydrogen-bond acceptors (Lipinski definition) is 8. The number of fused-ring (bicyclic) bond motifs is 1. The van der Waals surface area contributed by atoms with Crippen LogP contribution in [0.15, 0.2) is 38.8 Å². The first-order valence-corrected chi connectivity index (χ1v) is 11.3. The van der Waals surface area contributed by atoms with Crippen LogP contribution in [0.3, 0.4) is 0 Å². The lowest BCUT2D eigenvalue weighted by Crippen LogP contribution is -2.45. The van der Waals surface area contributed by atoms with E-state index in [1.54, 1.807) is 13.8 Å². The van der Waals surface area contributed by atoms with Crippen molar-refractivity contribution >= 4 is 16.0 Å². The van der Waals surface area contributed by atoms with Crippen molar-refractivity contribution in [2.75, 3.05) is 13.2 Å². The second-order valence-corrected chi connectivity index (χ2v) is 9.34. The zero-order chi connectivity index (χ0) is 23.6. The average Bonchev–Trinajstić information content (AvgIpc) is 2.76. The van der Waals surface area contributed by atoms with Gasteiger partial charge in [-0.1, -0.05) is 13.8 Å². The van der Waals surface area contributed by atoms with Gasteiger partial charge >= 0.3 is 11.7 Å². The van der Waals surface area contributed by atoms with Crippen LogP contribution in [0.5, 0.6) is 11.5 Å². The molecule has 0 amide bonds. The van der Waals surface area contributed by atoms with E-state index in [-0.39, 0.29) is 17.2 Å². The summed E-state index contributed by atoms with van der Waals surface area (Å²) in [5.41, 5.74) is -0.925. The number of benzene rings is 1. The fraction of sp³-hybridized carbons (Fsp3) is 0.450. The molecule has 0 bridgehead atoms. The first-order chi connectivity index (χ1) is 15.0. The minimum Gasteiger partial charge on any atom is -0.486 e. The molecular weight excluding hydrogens is 442 g/mol. The van der Waals surface area contributed by atoms with Crippen LogP contribution in [0.1, 0.15) is 19.5 Å². The Kier molecular flexibility index (Phi) is 6.74. The lowest BCUT2D eigenvalue weighted by molar-refractivity contribution is -0.148. The van der Waals surface area contributed by atoms with Crippen molar-refractivity contribution in [1.82, 2.24) is 13.9 Å². The Bertz CT molecular complexity index is 1250. The maximum absolute atomic E-state index is 12.9. The van der Waals surface area contributed by atoms with Gasteiger partial charge in [-0.3, -0.25) is 18.7 Å². The van der Waals surface area contributed by atoms with Gasteiger partial charge in [0, 0.05) is 26.2 Å². The molecule has 1 aromatic heterocycles. The van der Waals surface area contributed by atoms with E-state index in [1.165, 1.54) is 42.9 Å². The molecule has 0 fully saturated rings. The molecule has 1 aromatic carbocycles. The van der Waals surface area contributed by atoms with Crippen LogP contribution in [0.25, 0.3) is 0 Å². The number of esters is 1. The highest BCUT2D eigenvalue weighted by molar-refractivity contribution is 7.89. The molecule has 2 aromatic rings. The Morgan fingerprint density at radius 3 is 2.41 bits per heavy atom. The van der Waals surface area contributed by atoms with Crippen LogP contribution in [0, 0.1) is 5.92 Å². The Hall–Kier alpha value is -3.12. The third-order valence-electron chi connectivity index (χ3n) is 5.01. The third kappa shape index (κ3) is 4.86. The summed E-state index contributed by atoms with van der Waals surface area (Å²) in [6, 6.07) is 4.15. The second-order valence-electron chi connectivity index (χ2n) is 7.63. The molecule has 2 heterocycles. The number of ether oxygens (including phenoxy) is 3. The van der Waals surface area contributed by atoms with E-state index in [0.717, 1.165) is 4.57 Å². The number of nitrogens with one attached hydrogen (secondary N) is 1. The van der Waals surface area contributed by atoms with E-state index in [1.807, 2.05) is 0 Å². The number of rotatable bonds is 7. The maximum Gasteiger partial charge on any atom is 0.330 e. The summed E-state index contributed by atoms with van der Waals surface area (Å²) in [4.78, 5) is 36.5. The van der Waals surface area contributed by atoms with Gasteiger partial charge in [0.25, 0.3) is 5.56 Å². The normalized spacial score (nSPS) is 14.3. The van der Waals surface area contributed by atoms with Gasteiger partial charge in [0.05, 0.1) is 10.6 Å². The molecule has 0 unspecified atom stereocenters. The van der Waals surface area contributed by atoms with Crippen LogP contribution in [0.4, 0.5) is 0 Å². The highest BCUT2D eigenvalue weighted by atomic mass is 32.2. The number of carbonyl (C=O) groups is 1. The molecule has 3 rings (SSSR count). The molecule has 1 aliphatic heterocycles. The molecule has 1 atom stereocenters. The molecule has 1 N–H and O–H groups in total. The number of nitrogens with zero attached hydrogens (tertiary/aromatic N) is 2. The van der Waals surface area contributed by atoms with Crippen LogP contribution in [-0.2, 0) is 40.3 Å². The second kappa shape index (κ2) is 9.17. The van der Waals surface area contributed by atoms with E-state index in [2.05, 4.69) is 4.72 Å². The lowest BCUT2D eigenvalue weighted by Gasteiger charge is -2.22. The summed E-state index contributed by atoms with van der Waals surface area (Å²) in [6.07, 6.45) is 0. The molecule has 0 radical (unpaired) electrons. The van der Waals surface area contributed by atoms with Gasteiger partial charge in [0.15, 0.2) is 11.5 Å². The van der Waals surface area contributed by atoms with Gasteiger partial charge in [-0.25, -0.2) is 13.2 Å². The zero-order valence-corrected chi connectivity index (χ0v) is 19.0. The molecule has 11 nitrogen and oxygen atoms in total. The van der Waals surface area contributed by atoms with Crippen molar-refractivity contribution in [3.05, 3.63) is 50.8 Å². The summed E-state index contributed by atoms with van der Waals surface area (Å²) in [5, 5.41) is 0. The minimum atomic E-state index is -4.09.